The Balaban J connectivity index is 1.74. The van der Waals surface area contributed by atoms with Gasteiger partial charge >= 0.3 is 0 Å². The van der Waals surface area contributed by atoms with Gasteiger partial charge in [0.2, 0.25) is 5.91 Å². The van der Waals surface area contributed by atoms with E-state index in [0.717, 1.165) is 25.8 Å². The first-order valence-electron chi connectivity index (χ1n) is 8.26. The lowest BCUT2D eigenvalue weighted by Crippen LogP contribution is -2.49. The van der Waals surface area contributed by atoms with Crippen LogP contribution in [0.1, 0.15) is 51.0 Å². The average Bonchev–Trinajstić information content (AvgIpc) is 2.86. The molecule has 0 aromatic heterocycles. The third-order valence-corrected chi connectivity index (χ3v) is 5.77. The quantitative estimate of drug-likeness (QED) is 0.796. The van der Waals surface area contributed by atoms with Crippen molar-refractivity contribution in [2.45, 2.75) is 57.4 Å². The van der Waals surface area contributed by atoms with Crippen LogP contribution in [-0.2, 0) is 11.2 Å². The van der Waals surface area contributed by atoms with Crippen molar-refractivity contribution in [1.82, 2.24) is 4.90 Å². The predicted molar refractivity (Wildman–Crippen MR) is 86.4 cm³/mol. The Labute approximate surface area is 136 Å². The number of carbonyl (C=O) groups excluding carboxylic acids is 1. The minimum absolute atomic E-state index is 0.00309. The highest BCUT2D eigenvalue weighted by molar-refractivity contribution is 6.31. The molecule has 4 heteroatoms. The van der Waals surface area contributed by atoms with Crippen LogP contribution in [0, 0.1) is 11.7 Å². The molecule has 1 unspecified atom stereocenters. The van der Waals surface area contributed by atoms with E-state index in [-0.39, 0.29) is 23.2 Å². The maximum atomic E-state index is 13.9. The molecule has 1 saturated heterocycles. The number of halogens is 2. The van der Waals surface area contributed by atoms with Crippen LogP contribution in [-0.4, -0.2) is 22.9 Å². The molecule has 1 aliphatic carbocycles. The largest absolute Gasteiger partial charge is 0.337 e. The summed E-state index contributed by atoms with van der Waals surface area (Å²) in [5.74, 6) is -0.250. The van der Waals surface area contributed by atoms with E-state index in [4.69, 9.17) is 11.6 Å². The van der Waals surface area contributed by atoms with Crippen LogP contribution in [0.15, 0.2) is 18.2 Å². The van der Waals surface area contributed by atoms with Gasteiger partial charge in [-0.25, -0.2) is 4.39 Å². The van der Waals surface area contributed by atoms with Crippen molar-refractivity contribution in [2.24, 2.45) is 5.92 Å². The Morgan fingerprint density at radius 3 is 2.73 bits per heavy atom. The molecule has 2 aliphatic rings. The molecule has 1 aromatic carbocycles. The third-order valence-electron chi connectivity index (χ3n) is 5.41. The SMILES string of the molecule is CC1(N2CCC(Cc3c(F)cccc3Cl)C2=O)CCCCC1. The second-order valence-electron chi connectivity index (χ2n) is 6.94. The molecule has 0 radical (unpaired) electrons. The van der Waals surface area contributed by atoms with E-state index in [2.05, 4.69) is 11.8 Å². The van der Waals surface area contributed by atoms with Gasteiger partial charge in [-0.1, -0.05) is 36.9 Å². The minimum atomic E-state index is -0.303. The second kappa shape index (κ2) is 6.19. The molecular formula is C18H23ClFNO. The summed E-state index contributed by atoms with van der Waals surface area (Å²) < 4.78 is 13.9. The van der Waals surface area contributed by atoms with Crippen molar-refractivity contribution in [3.63, 3.8) is 0 Å². The fourth-order valence-electron chi connectivity index (χ4n) is 4.02. The van der Waals surface area contributed by atoms with Crippen molar-refractivity contribution < 1.29 is 9.18 Å². The van der Waals surface area contributed by atoms with Gasteiger partial charge in [0.05, 0.1) is 0 Å². The van der Waals surface area contributed by atoms with Crippen LogP contribution in [0.25, 0.3) is 0 Å². The second-order valence-corrected chi connectivity index (χ2v) is 7.34. The highest BCUT2D eigenvalue weighted by Gasteiger charge is 2.43. The van der Waals surface area contributed by atoms with Crippen molar-refractivity contribution in [3.05, 3.63) is 34.6 Å². The molecule has 2 fully saturated rings. The Morgan fingerprint density at radius 1 is 1.32 bits per heavy atom. The summed E-state index contributed by atoms with van der Waals surface area (Å²) in [4.78, 5) is 14.9. The summed E-state index contributed by atoms with van der Waals surface area (Å²) in [5, 5.41) is 0.426. The van der Waals surface area contributed by atoms with Gasteiger partial charge in [0.25, 0.3) is 0 Å². The number of amides is 1. The zero-order valence-corrected chi connectivity index (χ0v) is 13.8. The standard InChI is InChI=1S/C18H23ClFNO/c1-18(9-3-2-4-10-18)21-11-8-13(17(21)22)12-14-15(19)6-5-7-16(14)20/h5-7,13H,2-4,8-12H2,1H3. The van der Waals surface area contributed by atoms with Gasteiger partial charge in [-0.3, -0.25) is 4.79 Å². The first-order valence-corrected chi connectivity index (χ1v) is 8.63. The van der Waals surface area contributed by atoms with Gasteiger partial charge in [-0.05, 0) is 44.7 Å². The van der Waals surface area contributed by atoms with Crippen LogP contribution in [0.2, 0.25) is 5.02 Å². The first-order chi connectivity index (χ1) is 10.5. The molecular weight excluding hydrogens is 301 g/mol. The highest BCUT2D eigenvalue weighted by Crippen LogP contribution is 2.38. The monoisotopic (exact) mass is 323 g/mol. The summed E-state index contributed by atoms with van der Waals surface area (Å²) in [6.45, 7) is 3.01. The minimum Gasteiger partial charge on any atom is -0.337 e. The van der Waals surface area contributed by atoms with Gasteiger partial charge < -0.3 is 4.90 Å². The van der Waals surface area contributed by atoms with Crippen LogP contribution in [0.5, 0.6) is 0 Å². The van der Waals surface area contributed by atoms with E-state index in [1.807, 2.05) is 0 Å². The summed E-state index contributed by atoms with van der Waals surface area (Å²) in [6.07, 6.45) is 7.06. The smallest absolute Gasteiger partial charge is 0.226 e. The van der Waals surface area contributed by atoms with E-state index < -0.39 is 0 Å². The van der Waals surface area contributed by atoms with E-state index in [0.29, 0.717) is 17.0 Å². The lowest BCUT2D eigenvalue weighted by Gasteiger charge is -2.42. The zero-order valence-electron chi connectivity index (χ0n) is 13.1. The van der Waals surface area contributed by atoms with Crippen LogP contribution in [0.3, 0.4) is 0 Å². The summed E-state index contributed by atoms with van der Waals surface area (Å²) >= 11 is 6.10. The average molecular weight is 324 g/mol. The van der Waals surface area contributed by atoms with Crippen LogP contribution >= 0.6 is 11.6 Å². The van der Waals surface area contributed by atoms with Gasteiger partial charge in [0.15, 0.2) is 0 Å². The Kier molecular flexibility index (Phi) is 4.44. The number of rotatable bonds is 3. The van der Waals surface area contributed by atoms with Crippen molar-refractivity contribution in [3.8, 4) is 0 Å². The summed E-state index contributed by atoms with van der Waals surface area (Å²) in [6, 6.07) is 4.72. The molecule has 0 bridgehead atoms. The number of likely N-dealkylation sites (tertiary alicyclic amines) is 1. The topological polar surface area (TPSA) is 20.3 Å². The molecule has 1 atom stereocenters. The highest BCUT2D eigenvalue weighted by atomic mass is 35.5. The maximum absolute atomic E-state index is 13.9. The number of benzene rings is 1. The Hall–Kier alpha value is -1.09. The first kappa shape index (κ1) is 15.8. The Morgan fingerprint density at radius 2 is 2.05 bits per heavy atom. The molecule has 1 heterocycles. The fourth-order valence-corrected chi connectivity index (χ4v) is 4.26. The molecule has 0 spiro atoms. The number of hydrogen-bond acceptors (Lipinski definition) is 1. The molecule has 2 nitrogen and oxygen atoms in total. The number of carbonyl (C=O) groups is 1. The normalized spacial score (nSPS) is 24.8. The predicted octanol–water partition coefficient (Wildman–Crippen LogP) is 4.59. The van der Waals surface area contributed by atoms with Crippen molar-refractivity contribution >= 4 is 17.5 Å². The van der Waals surface area contributed by atoms with Crippen molar-refractivity contribution in [1.29, 1.82) is 0 Å². The van der Waals surface area contributed by atoms with E-state index >= 15 is 0 Å². The fraction of sp³-hybridized carbons (Fsp3) is 0.611. The van der Waals surface area contributed by atoms with Gasteiger partial charge in [0, 0.05) is 28.6 Å². The van der Waals surface area contributed by atoms with Crippen LogP contribution < -0.4 is 0 Å². The molecule has 1 aliphatic heterocycles. The third kappa shape index (κ3) is 2.88. The molecule has 1 amide bonds. The summed E-state index contributed by atoms with van der Waals surface area (Å²) in [5.41, 5.74) is 0.487. The Bertz CT molecular complexity index is 548. The van der Waals surface area contributed by atoms with E-state index in [9.17, 15) is 9.18 Å². The molecule has 3 rings (SSSR count). The van der Waals surface area contributed by atoms with E-state index in [1.165, 1.54) is 25.3 Å². The lowest BCUT2D eigenvalue weighted by atomic mass is 9.82. The van der Waals surface area contributed by atoms with Gasteiger partial charge in [0.1, 0.15) is 5.82 Å². The molecule has 1 saturated carbocycles. The summed E-state index contributed by atoms with van der Waals surface area (Å²) in [7, 11) is 0. The number of nitrogens with zero attached hydrogens (tertiary/aromatic N) is 1. The molecule has 22 heavy (non-hydrogen) atoms. The van der Waals surface area contributed by atoms with E-state index in [1.54, 1.807) is 12.1 Å². The maximum Gasteiger partial charge on any atom is 0.226 e. The van der Waals surface area contributed by atoms with Gasteiger partial charge in [-0.15, -0.1) is 0 Å². The van der Waals surface area contributed by atoms with Crippen molar-refractivity contribution in [2.75, 3.05) is 6.54 Å². The zero-order chi connectivity index (χ0) is 15.7. The number of hydrogen-bond donors (Lipinski definition) is 0. The lowest BCUT2D eigenvalue weighted by molar-refractivity contribution is -0.137. The molecule has 120 valence electrons. The van der Waals surface area contributed by atoms with Gasteiger partial charge in [-0.2, -0.15) is 0 Å². The van der Waals surface area contributed by atoms with Crippen LogP contribution in [0.4, 0.5) is 4.39 Å². The molecule has 1 aromatic rings. The molecule has 0 N–H and O–H groups in total.